The average molecular weight is 222 g/mol. The van der Waals surface area contributed by atoms with Crippen molar-refractivity contribution in [3.05, 3.63) is 33.5 Å². The number of hydrogen-bond acceptors (Lipinski definition) is 1. The molecule has 15 heavy (non-hydrogen) atoms. The Hall–Kier alpha value is -0.560. The molecule has 0 saturated heterocycles. The fraction of sp³-hybridized carbons (Fsp3) is 0.571. The Balaban J connectivity index is 2.43. The number of unbranched alkanes of at least 4 members (excludes halogenated alkanes) is 2. The van der Waals surface area contributed by atoms with Crippen LogP contribution in [0.25, 0.3) is 0 Å². The monoisotopic (exact) mass is 222 g/mol. The summed E-state index contributed by atoms with van der Waals surface area (Å²) in [6, 6.07) is 0. The van der Waals surface area contributed by atoms with Crippen LogP contribution in [0.5, 0.6) is 0 Å². The molecule has 1 heteroatoms. The van der Waals surface area contributed by atoms with Gasteiger partial charge in [-0.25, -0.2) is 0 Å². The lowest BCUT2D eigenvalue weighted by molar-refractivity contribution is 0.813. The van der Waals surface area contributed by atoms with Crippen molar-refractivity contribution in [3.63, 3.8) is 0 Å². The van der Waals surface area contributed by atoms with Crippen molar-refractivity contribution < 1.29 is 0 Å². The van der Waals surface area contributed by atoms with E-state index in [1.54, 1.807) is 4.88 Å². The average Bonchev–Trinajstić information content (AvgIpc) is 2.60. The first-order valence-corrected chi connectivity index (χ1v) is 6.88. The first kappa shape index (κ1) is 12.5. The van der Waals surface area contributed by atoms with Crippen molar-refractivity contribution in [3.8, 4) is 0 Å². The molecule has 0 N–H and O–H groups in total. The molecular formula is C14H22S. The van der Waals surface area contributed by atoms with Gasteiger partial charge in [0.2, 0.25) is 0 Å². The summed E-state index contributed by atoms with van der Waals surface area (Å²) in [5.74, 6) is 0. The molecule has 1 rings (SSSR count). The van der Waals surface area contributed by atoms with Crippen molar-refractivity contribution in [1.29, 1.82) is 0 Å². The molecule has 1 aromatic rings. The third kappa shape index (κ3) is 3.83. The van der Waals surface area contributed by atoms with Gasteiger partial charge in [0, 0.05) is 4.88 Å². The fourth-order valence-corrected chi connectivity index (χ4v) is 2.73. The predicted octanol–water partition coefficient (Wildman–Crippen LogP) is 4.91. The van der Waals surface area contributed by atoms with E-state index in [2.05, 4.69) is 38.3 Å². The van der Waals surface area contributed by atoms with Gasteiger partial charge in [-0.05, 0) is 42.7 Å². The summed E-state index contributed by atoms with van der Waals surface area (Å²) in [6.45, 7) is 6.73. The van der Waals surface area contributed by atoms with Gasteiger partial charge in [-0.2, -0.15) is 0 Å². The highest BCUT2D eigenvalue weighted by molar-refractivity contribution is 7.10. The lowest BCUT2D eigenvalue weighted by Crippen LogP contribution is -1.84. The van der Waals surface area contributed by atoms with Gasteiger partial charge in [0.05, 0.1) is 0 Å². The van der Waals surface area contributed by atoms with Gasteiger partial charge in [-0.15, -0.1) is 11.3 Å². The molecule has 0 aliphatic carbocycles. The van der Waals surface area contributed by atoms with Gasteiger partial charge in [-0.1, -0.05) is 38.8 Å². The van der Waals surface area contributed by atoms with E-state index in [0.29, 0.717) is 0 Å². The molecule has 0 bridgehead atoms. The molecular weight excluding hydrogens is 200 g/mol. The SMILES string of the molecule is CCCCC=CCc1csc(CC)c1C. The van der Waals surface area contributed by atoms with Gasteiger partial charge in [0.1, 0.15) is 0 Å². The van der Waals surface area contributed by atoms with E-state index in [9.17, 15) is 0 Å². The molecule has 84 valence electrons. The minimum atomic E-state index is 1.12. The van der Waals surface area contributed by atoms with Gasteiger partial charge < -0.3 is 0 Å². The second-order valence-corrected chi connectivity index (χ2v) is 4.94. The van der Waals surface area contributed by atoms with Crippen LogP contribution in [0.3, 0.4) is 0 Å². The first-order valence-electron chi connectivity index (χ1n) is 6.00. The van der Waals surface area contributed by atoms with E-state index < -0.39 is 0 Å². The maximum atomic E-state index is 2.33. The lowest BCUT2D eigenvalue weighted by Gasteiger charge is -1.97. The third-order valence-corrected chi connectivity index (χ3v) is 4.08. The highest BCUT2D eigenvalue weighted by atomic mass is 32.1. The van der Waals surface area contributed by atoms with E-state index in [1.165, 1.54) is 36.8 Å². The van der Waals surface area contributed by atoms with Crippen molar-refractivity contribution in [2.24, 2.45) is 0 Å². The summed E-state index contributed by atoms with van der Waals surface area (Å²) in [4.78, 5) is 1.55. The molecule has 0 unspecified atom stereocenters. The molecule has 0 aliphatic rings. The maximum Gasteiger partial charge on any atom is 0.00746 e. The second kappa shape index (κ2) is 6.84. The van der Waals surface area contributed by atoms with Crippen molar-refractivity contribution >= 4 is 11.3 Å². The van der Waals surface area contributed by atoms with Gasteiger partial charge in [0.25, 0.3) is 0 Å². The van der Waals surface area contributed by atoms with E-state index in [0.717, 1.165) is 6.42 Å². The van der Waals surface area contributed by atoms with Crippen molar-refractivity contribution in [2.45, 2.75) is 52.9 Å². The van der Waals surface area contributed by atoms with Crippen molar-refractivity contribution in [2.75, 3.05) is 0 Å². The molecule has 0 atom stereocenters. The van der Waals surface area contributed by atoms with Crippen LogP contribution in [0, 0.1) is 6.92 Å². The topological polar surface area (TPSA) is 0 Å². The zero-order valence-electron chi connectivity index (χ0n) is 10.2. The molecule has 1 heterocycles. The van der Waals surface area contributed by atoms with E-state index in [-0.39, 0.29) is 0 Å². The van der Waals surface area contributed by atoms with E-state index in [4.69, 9.17) is 0 Å². The highest BCUT2D eigenvalue weighted by Crippen LogP contribution is 2.22. The van der Waals surface area contributed by atoms with Crippen LogP contribution in [-0.2, 0) is 12.8 Å². The Kier molecular flexibility index (Phi) is 5.70. The Bertz CT molecular complexity index is 307. The zero-order valence-corrected chi connectivity index (χ0v) is 11.0. The summed E-state index contributed by atoms with van der Waals surface area (Å²) < 4.78 is 0. The molecule has 0 saturated carbocycles. The molecule has 0 fully saturated rings. The molecule has 0 amide bonds. The van der Waals surface area contributed by atoms with Crippen LogP contribution in [-0.4, -0.2) is 0 Å². The summed E-state index contributed by atoms with van der Waals surface area (Å²) >= 11 is 1.91. The van der Waals surface area contributed by atoms with E-state index in [1.807, 2.05) is 11.3 Å². The molecule has 1 aromatic heterocycles. The van der Waals surface area contributed by atoms with Gasteiger partial charge >= 0.3 is 0 Å². The van der Waals surface area contributed by atoms with Crippen LogP contribution >= 0.6 is 11.3 Å². The van der Waals surface area contributed by atoms with Crippen LogP contribution in [0.4, 0.5) is 0 Å². The summed E-state index contributed by atoms with van der Waals surface area (Å²) in [7, 11) is 0. The quantitative estimate of drug-likeness (QED) is 0.474. The number of allylic oxidation sites excluding steroid dienone is 2. The molecule has 0 aromatic carbocycles. The maximum absolute atomic E-state index is 2.33. The van der Waals surface area contributed by atoms with Crippen LogP contribution in [0.2, 0.25) is 0 Å². The summed E-state index contributed by atoms with van der Waals surface area (Å²) in [5.41, 5.74) is 3.03. The zero-order chi connectivity index (χ0) is 11.1. The number of rotatable bonds is 6. The minimum absolute atomic E-state index is 1.12. The number of thiophene rings is 1. The Morgan fingerprint density at radius 2 is 2.07 bits per heavy atom. The molecule has 0 nitrogen and oxygen atoms in total. The fourth-order valence-electron chi connectivity index (χ4n) is 1.70. The second-order valence-electron chi connectivity index (χ2n) is 3.98. The van der Waals surface area contributed by atoms with Gasteiger partial charge in [0.15, 0.2) is 0 Å². The van der Waals surface area contributed by atoms with Crippen LogP contribution in [0.1, 0.15) is 49.1 Å². The minimum Gasteiger partial charge on any atom is -0.148 e. The third-order valence-electron chi connectivity index (χ3n) is 2.79. The van der Waals surface area contributed by atoms with Gasteiger partial charge in [-0.3, -0.25) is 0 Å². The number of aryl methyl sites for hydroxylation is 1. The van der Waals surface area contributed by atoms with Crippen molar-refractivity contribution in [1.82, 2.24) is 0 Å². The standard InChI is InChI=1S/C14H22S/c1-4-6-7-8-9-10-13-11-15-14(5-2)12(13)3/h8-9,11H,4-7,10H2,1-3H3. The Labute approximate surface area is 98.0 Å². The smallest absolute Gasteiger partial charge is 0.00746 e. The van der Waals surface area contributed by atoms with Crippen LogP contribution in [0.15, 0.2) is 17.5 Å². The molecule has 0 aliphatic heterocycles. The van der Waals surface area contributed by atoms with Crippen LogP contribution < -0.4 is 0 Å². The largest absolute Gasteiger partial charge is 0.148 e. The predicted molar refractivity (Wildman–Crippen MR) is 70.8 cm³/mol. The highest BCUT2D eigenvalue weighted by Gasteiger charge is 2.03. The Morgan fingerprint density at radius 1 is 1.27 bits per heavy atom. The summed E-state index contributed by atoms with van der Waals surface area (Å²) in [5, 5.41) is 2.32. The number of hydrogen-bond donors (Lipinski definition) is 0. The molecule has 0 radical (unpaired) electrons. The first-order chi connectivity index (χ1) is 7.29. The van der Waals surface area contributed by atoms with E-state index >= 15 is 0 Å². The summed E-state index contributed by atoms with van der Waals surface area (Å²) in [6.07, 6.45) is 10.8. The molecule has 0 spiro atoms. The normalized spacial score (nSPS) is 11.4. The lowest BCUT2D eigenvalue weighted by atomic mass is 10.1. The Morgan fingerprint density at radius 3 is 2.67 bits per heavy atom.